The van der Waals surface area contributed by atoms with Gasteiger partial charge in [-0.3, -0.25) is 0 Å². The number of methoxy groups -OCH3 is 1. The van der Waals surface area contributed by atoms with Gasteiger partial charge < -0.3 is 0 Å². The van der Waals surface area contributed by atoms with Crippen molar-refractivity contribution in [3.63, 3.8) is 0 Å². The zero-order valence-electron chi connectivity index (χ0n) is 16.2. The zero-order valence-corrected chi connectivity index (χ0v) is 18.8. The summed E-state index contributed by atoms with van der Waals surface area (Å²) in [4.78, 5) is 21.3. The Morgan fingerprint density at radius 1 is 1.07 bits per heavy atom. The molecule has 0 fully saturated rings. The molecule has 2 aromatic carbocycles. The number of hydrogen-bond donors (Lipinski definition) is 1. The molecule has 0 aliphatic rings. The number of carbonyl (C=O) groups is 1. The first-order valence-corrected chi connectivity index (χ1v) is 11.5. The first-order valence-electron chi connectivity index (χ1n) is 9.25. The van der Waals surface area contributed by atoms with Gasteiger partial charge in [0.05, 0.1) is 7.11 Å². The number of amides is 1. The molecule has 7 heteroatoms. The number of rotatable bonds is 6. The Morgan fingerprint density at radius 3 is 2.63 bits per heavy atom. The van der Waals surface area contributed by atoms with Gasteiger partial charge in [-0.25, -0.2) is 0 Å². The van der Waals surface area contributed by atoms with Gasteiger partial charge in [-0.05, 0) is 0 Å². The van der Waals surface area contributed by atoms with Crippen molar-refractivity contribution in [1.29, 1.82) is 0 Å². The molecule has 2 aromatic heterocycles. The first kappa shape index (κ1) is 20.4. The van der Waals surface area contributed by atoms with Crippen molar-refractivity contribution in [3.8, 4) is 5.75 Å². The monoisotopic (exact) mass is 478 g/mol. The van der Waals surface area contributed by atoms with Crippen LogP contribution in [0.2, 0.25) is 5.02 Å². The van der Waals surface area contributed by atoms with Crippen molar-refractivity contribution in [2.24, 2.45) is 0 Å². The summed E-state index contributed by atoms with van der Waals surface area (Å²) in [6, 6.07) is 19.1. The number of ether oxygens (including phenoxy) is 1. The Kier molecular flexibility index (Phi) is 6.31. The molecule has 1 amide bonds. The zero-order chi connectivity index (χ0) is 20.9. The number of carbonyl (C=O) groups excluding carboxylic acids is 1. The Morgan fingerprint density at radius 2 is 1.90 bits per heavy atom. The molecule has 4 aromatic rings. The van der Waals surface area contributed by atoms with Gasteiger partial charge in [-0.15, -0.1) is 0 Å². The minimum absolute atomic E-state index is 0.205. The molecule has 0 unspecified atom stereocenters. The average Bonchev–Trinajstić information content (AvgIpc) is 2.78. The summed E-state index contributed by atoms with van der Waals surface area (Å²) in [5.74, 6) is 0.580. The summed E-state index contributed by atoms with van der Waals surface area (Å²) in [5, 5.41) is 5.76. The van der Waals surface area contributed by atoms with E-state index >= 15 is 0 Å². The van der Waals surface area contributed by atoms with Crippen LogP contribution in [-0.2, 0) is 6.54 Å². The van der Waals surface area contributed by atoms with Crippen LogP contribution < -0.4 is 18.9 Å². The van der Waals surface area contributed by atoms with E-state index < -0.39 is 0 Å². The summed E-state index contributed by atoms with van der Waals surface area (Å²) in [6.45, 7) is 0.429. The second kappa shape index (κ2) is 9.29. The number of pyridine rings is 2. The predicted molar refractivity (Wildman–Crippen MR) is 120 cm³/mol. The molecule has 4 rings (SSSR count). The summed E-state index contributed by atoms with van der Waals surface area (Å²) in [7, 11) is 1.62. The van der Waals surface area contributed by atoms with Gasteiger partial charge >= 0.3 is 179 Å². The standard InChI is InChI=1S/C23H18AsClN3O2/c1-30-19-7-2-15(3-8-19)13-28-23(29)21-9-5-17(14-27-21)24-22-20-12-18(25)6-4-16(20)10-11-26-22/h2-12,14H,13H2,1H3,(H,28,29). The van der Waals surface area contributed by atoms with Crippen molar-refractivity contribution < 1.29 is 9.53 Å². The van der Waals surface area contributed by atoms with Gasteiger partial charge in [-0.2, -0.15) is 0 Å². The van der Waals surface area contributed by atoms with E-state index in [1.807, 2.05) is 60.8 Å². The van der Waals surface area contributed by atoms with Crippen molar-refractivity contribution in [2.45, 2.75) is 6.54 Å². The van der Waals surface area contributed by atoms with Crippen molar-refractivity contribution in [1.82, 2.24) is 15.3 Å². The molecule has 0 spiro atoms. The molecule has 5 nitrogen and oxygen atoms in total. The second-order valence-electron chi connectivity index (χ2n) is 6.54. The molecule has 1 N–H and O–H groups in total. The van der Waals surface area contributed by atoms with Gasteiger partial charge in [0.2, 0.25) is 0 Å². The molecule has 30 heavy (non-hydrogen) atoms. The molecule has 2 heterocycles. The Balaban J connectivity index is 1.42. The van der Waals surface area contributed by atoms with Gasteiger partial charge in [-0.1, -0.05) is 0 Å². The molecule has 0 bridgehead atoms. The van der Waals surface area contributed by atoms with Crippen molar-refractivity contribution in [2.75, 3.05) is 7.11 Å². The van der Waals surface area contributed by atoms with Crippen LogP contribution in [0.25, 0.3) is 10.8 Å². The SMILES string of the molecule is COc1ccc(CNC(=O)c2ccc([As]c3nccc4ccc(Cl)cc34)cn2)cc1. The number of nitrogens with zero attached hydrogens (tertiary/aromatic N) is 2. The fraction of sp³-hybridized carbons (Fsp3) is 0.0870. The number of nitrogens with one attached hydrogen (secondary N) is 1. The molecule has 149 valence electrons. The van der Waals surface area contributed by atoms with Crippen LogP contribution in [0.5, 0.6) is 5.75 Å². The number of benzene rings is 2. The molecule has 0 saturated heterocycles. The summed E-state index contributed by atoms with van der Waals surface area (Å²) in [5.41, 5.74) is 1.38. The van der Waals surface area contributed by atoms with Gasteiger partial charge in [0, 0.05) is 0 Å². The topological polar surface area (TPSA) is 64.1 Å². The van der Waals surface area contributed by atoms with E-state index in [1.165, 1.54) is 0 Å². The second-order valence-corrected chi connectivity index (χ2v) is 9.42. The Labute approximate surface area is 186 Å². The van der Waals surface area contributed by atoms with Crippen LogP contribution in [0.4, 0.5) is 0 Å². The summed E-state index contributed by atoms with van der Waals surface area (Å²) in [6.07, 6.45) is 3.57. The van der Waals surface area contributed by atoms with E-state index in [-0.39, 0.29) is 21.7 Å². The molecule has 0 saturated carbocycles. The Bertz CT molecular complexity index is 1180. The van der Waals surface area contributed by atoms with Gasteiger partial charge in [0.1, 0.15) is 0 Å². The molecule has 0 aliphatic carbocycles. The summed E-state index contributed by atoms with van der Waals surface area (Å²) < 4.78 is 7.23. The maximum absolute atomic E-state index is 12.4. The third kappa shape index (κ3) is 4.81. The van der Waals surface area contributed by atoms with Crippen LogP contribution >= 0.6 is 11.6 Å². The number of hydrogen-bond acceptors (Lipinski definition) is 4. The van der Waals surface area contributed by atoms with Crippen LogP contribution in [0.1, 0.15) is 16.1 Å². The number of fused-ring (bicyclic) bond motifs is 1. The fourth-order valence-electron chi connectivity index (χ4n) is 2.94. The summed E-state index contributed by atoms with van der Waals surface area (Å²) >= 11 is 5.78. The van der Waals surface area contributed by atoms with Crippen LogP contribution in [-0.4, -0.2) is 38.7 Å². The van der Waals surface area contributed by atoms with Gasteiger partial charge in [0.15, 0.2) is 0 Å². The quantitative estimate of drug-likeness (QED) is 0.433. The maximum atomic E-state index is 12.4. The van der Waals surface area contributed by atoms with Gasteiger partial charge in [0.25, 0.3) is 0 Å². The van der Waals surface area contributed by atoms with E-state index in [1.54, 1.807) is 19.4 Å². The molecular weight excluding hydrogens is 461 g/mol. The van der Waals surface area contributed by atoms with E-state index in [2.05, 4.69) is 15.3 Å². The van der Waals surface area contributed by atoms with Crippen molar-refractivity contribution >= 4 is 52.9 Å². The average molecular weight is 479 g/mol. The molecule has 1 radical (unpaired) electrons. The predicted octanol–water partition coefficient (Wildman–Crippen LogP) is 2.88. The minimum atomic E-state index is -0.374. The van der Waals surface area contributed by atoms with Crippen molar-refractivity contribution in [3.05, 3.63) is 89.3 Å². The van der Waals surface area contributed by atoms with E-state index in [0.29, 0.717) is 17.3 Å². The van der Waals surface area contributed by atoms with E-state index in [9.17, 15) is 4.79 Å². The Hall–Kier alpha value is -2.88. The molecule has 0 aliphatic heterocycles. The third-order valence-electron chi connectivity index (χ3n) is 4.53. The van der Waals surface area contributed by atoms with E-state index in [0.717, 1.165) is 30.9 Å². The normalized spacial score (nSPS) is 11.1. The fourth-order valence-corrected chi connectivity index (χ4v) is 5.10. The number of aromatic nitrogens is 2. The number of halogens is 1. The molecule has 0 atom stereocenters. The van der Waals surface area contributed by atoms with Crippen LogP contribution in [0.15, 0.2) is 73.1 Å². The van der Waals surface area contributed by atoms with Crippen LogP contribution in [0.3, 0.4) is 0 Å². The van der Waals surface area contributed by atoms with E-state index in [4.69, 9.17) is 16.3 Å². The third-order valence-corrected chi connectivity index (χ3v) is 7.06. The van der Waals surface area contributed by atoms with Crippen LogP contribution in [0, 0.1) is 0 Å². The first-order chi connectivity index (χ1) is 14.6. The molecular formula is C23H18AsClN3O2.